The minimum absolute atomic E-state index is 0.0656. The number of nitrogens with one attached hydrogen (secondary N) is 1. The third-order valence-corrected chi connectivity index (χ3v) is 4.59. The molecular weight excluding hydrogens is 322 g/mol. The minimum Gasteiger partial charge on any atom is -0.354 e. The highest BCUT2D eigenvalue weighted by Crippen LogP contribution is 2.24. The molecule has 1 fully saturated rings. The average molecular weight is 344 g/mol. The Labute approximate surface area is 147 Å². The van der Waals surface area contributed by atoms with Gasteiger partial charge < -0.3 is 10.2 Å². The van der Waals surface area contributed by atoms with Crippen LogP contribution < -0.4 is 5.32 Å². The van der Waals surface area contributed by atoms with E-state index in [1.807, 2.05) is 36.1 Å². The van der Waals surface area contributed by atoms with Crippen molar-refractivity contribution in [2.45, 2.75) is 32.6 Å². The third-order valence-electron chi connectivity index (χ3n) is 4.36. The SMILES string of the molecule is Cc1ccc(Cl)cc1Nc1cncc(C(=O)N2CCCCCC2)c1. The summed E-state index contributed by atoms with van der Waals surface area (Å²) in [6.07, 6.45) is 7.94. The van der Waals surface area contributed by atoms with E-state index < -0.39 is 0 Å². The van der Waals surface area contributed by atoms with Gasteiger partial charge in [-0.2, -0.15) is 0 Å². The molecule has 0 aliphatic carbocycles. The highest BCUT2D eigenvalue weighted by atomic mass is 35.5. The molecule has 1 amide bonds. The Morgan fingerprint density at radius 3 is 2.62 bits per heavy atom. The summed E-state index contributed by atoms with van der Waals surface area (Å²) in [5.74, 6) is 0.0656. The van der Waals surface area contributed by atoms with Crippen LogP contribution in [0.4, 0.5) is 11.4 Å². The van der Waals surface area contributed by atoms with Gasteiger partial charge in [0.25, 0.3) is 5.91 Å². The number of aromatic nitrogens is 1. The molecule has 24 heavy (non-hydrogen) atoms. The van der Waals surface area contributed by atoms with Crippen LogP contribution in [0.5, 0.6) is 0 Å². The summed E-state index contributed by atoms with van der Waals surface area (Å²) in [4.78, 5) is 18.9. The smallest absolute Gasteiger partial charge is 0.255 e. The Bertz CT molecular complexity index is 724. The maximum atomic E-state index is 12.7. The molecule has 4 nitrogen and oxygen atoms in total. The van der Waals surface area contributed by atoms with Crippen LogP contribution in [0.2, 0.25) is 5.02 Å². The summed E-state index contributed by atoms with van der Waals surface area (Å²) in [5.41, 5.74) is 3.43. The van der Waals surface area contributed by atoms with Gasteiger partial charge in [-0.3, -0.25) is 9.78 Å². The summed E-state index contributed by atoms with van der Waals surface area (Å²) in [5, 5.41) is 3.98. The van der Waals surface area contributed by atoms with Crippen LogP contribution in [0.25, 0.3) is 0 Å². The van der Waals surface area contributed by atoms with Crippen molar-refractivity contribution in [2.75, 3.05) is 18.4 Å². The van der Waals surface area contributed by atoms with E-state index in [1.54, 1.807) is 12.4 Å². The molecule has 126 valence electrons. The third kappa shape index (κ3) is 4.06. The van der Waals surface area contributed by atoms with Gasteiger partial charge in [-0.25, -0.2) is 0 Å². The van der Waals surface area contributed by atoms with Gasteiger partial charge in [0, 0.05) is 30.0 Å². The number of benzene rings is 1. The number of hydrogen-bond donors (Lipinski definition) is 1. The zero-order valence-electron chi connectivity index (χ0n) is 13.9. The van der Waals surface area contributed by atoms with Crippen molar-refractivity contribution in [1.29, 1.82) is 0 Å². The van der Waals surface area contributed by atoms with Gasteiger partial charge in [0.15, 0.2) is 0 Å². The monoisotopic (exact) mass is 343 g/mol. The molecule has 3 rings (SSSR count). The van der Waals surface area contributed by atoms with Gasteiger partial charge in [-0.15, -0.1) is 0 Å². The summed E-state index contributed by atoms with van der Waals surface area (Å²) in [6, 6.07) is 7.56. The first-order valence-corrected chi connectivity index (χ1v) is 8.79. The predicted octanol–water partition coefficient (Wildman–Crippen LogP) is 4.80. The normalized spacial score (nSPS) is 15.0. The molecule has 0 spiro atoms. The van der Waals surface area contributed by atoms with Crippen LogP contribution in [-0.4, -0.2) is 28.9 Å². The fourth-order valence-corrected chi connectivity index (χ4v) is 3.14. The van der Waals surface area contributed by atoms with Crippen LogP contribution in [0.15, 0.2) is 36.7 Å². The Balaban J connectivity index is 1.78. The summed E-state index contributed by atoms with van der Waals surface area (Å²) >= 11 is 6.07. The topological polar surface area (TPSA) is 45.2 Å². The number of pyridine rings is 1. The summed E-state index contributed by atoms with van der Waals surface area (Å²) in [6.45, 7) is 3.69. The van der Waals surface area contributed by atoms with Crippen LogP contribution in [-0.2, 0) is 0 Å². The van der Waals surface area contributed by atoms with Crippen molar-refractivity contribution < 1.29 is 4.79 Å². The number of rotatable bonds is 3. The standard InChI is InChI=1S/C19H22ClN3O/c1-14-6-7-16(20)11-18(14)22-17-10-15(12-21-13-17)19(24)23-8-4-2-3-5-9-23/h6-7,10-13,22H,2-5,8-9H2,1H3. The molecule has 1 N–H and O–H groups in total. The maximum Gasteiger partial charge on any atom is 0.255 e. The summed E-state index contributed by atoms with van der Waals surface area (Å²) in [7, 11) is 0. The van der Waals surface area contributed by atoms with E-state index in [0.717, 1.165) is 42.9 Å². The van der Waals surface area contributed by atoms with Crippen LogP contribution >= 0.6 is 11.6 Å². The highest BCUT2D eigenvalue weighted by Gasteiger charge is 2.18. The Morgan fingerprint density at radius 2 is 1.88 bits per heavy atom. The number of hydrogen-bond acceptors (Lipinski definition) is 3. The zero-order chi connectivity index (χ0) is 16.9. The van der Waals surface area contributed by atoms with E-state index >= 15 is 0 Å². The lowest BCUT2D eigenvalue weighted by molar-refractivity contribution is 0.0761. The number of carbonyl (C=O) groups excluding carboxylic acids is 1. The first kappa shape index (κ1) is 16.8. The van der Waals surface area contributed by atoms with Gasteiger partial charge in [0.2, 0.25) is 0 Å². The number of aryl methyl sites for hydroxylation is 1. The number of anilines is 2. The molecule has 0 radical (unpaired) electrons. The van der Waals surface area contributed by atoms with Gasteiger partial charge in [0.05, 0.1) is 17.4 Å². The number of nitrogens with zero attached hydrogens (tertiary/aromatic N) is 2. The zero-order valence-corrected chi connectivity index (χ0v) is 14.6. The van der Waals surface area contributed by atoms with Gasteiger partial charge in [-0.05, 0) is 43.5 Å². The van der Waals surface area contributed by atoms with E-state index in [0.29, 0.717) is 10.6 Å². The van der Waals surface area contributed by atoms with Crippen molar-refractivity contribution in [3.63, 3.8) is 0 Å². The van der Waals surface area contributed by atoms with E-state index in [4.69, 9.17) is 11.6 Å². The predicted molar refractivity (Wildman–Crippen MR) is 98.1 cm³/mol. The van der Waals surface area contributed by atoms with Gasteiger partial charge in [-0.1, -0.05) is 30.5 Å². The lowest BCUT2D eigenvalue weighted by atomic mass is 10.2. The van der Waals surface area contributed by atoms with Crippen molar-refractivity contribution in [3.05, 3.63) is 52.8 Å². The highest BCUT2D eigenvalue weighted by molar-refractivity contribution is 6.30. The van der Waals surface area contributed by atoms with Crippen molar-refractivity contribution >= 4 is 28.9 Å². The lowest BCUT2D eigenvalue weighted by Gasteiger charge is -2.20. The second-order valence-electron chi connectivity index (χ2n) is 6.25. The fourth-order valence-electron chi connectivity index (χ4n) is 2.97. The molecule has 0 saturated carbocycles. The van der Waals surface area contributed by atoms with Crippen molar-refractivity contribution in [2.24, 2.45) is 0 Å². The molecule has 5 heteroatoms. The molecule has 0 bridgehead atoms. The molecule has 1 aliphatic heterocycles. The van der Waals surface area contributed by atoms with E-state index in [2.05, 4.69) is 10.3 Å². The van der Waals surface area contributed by atoms with Gasteiger partial charge in [0.1, 0.15) is 0 Å². The van der Waals surface area contributed by atoms with Crippen LogP contribution in [0.3, 0.4) is 0 Å². The Kier molecular flexibility index (Phi) is 5.36. The molecule has 2 aromatic rings. The summed E-state index contributed by atoms with van der Waals surface area (Å²) < 4.78 is 0. The molecule has 1 aliphatic rings. The largest absolute Gasteiger partial charge is 0.354 e. The van der Waals surface area contributed by atoms with E-state index in [1.165, 1.54) is 12.8 Å². The van der Waals surface area contributed by atoms with Crippen molar-refractivity contribution in [1.82, 2.24) is 9.88 Å². The quantitative estimate of drug-likeness (QED) is 0.870. The van der Waals surface area contributed by atoms with E-state index in [-0.39, 0.29) is 5.91 Å². The van der Waals surface area contributed by atoms with Crippen molar-refractivity contribution in [3.8, 4) is 0 Å². The second-order valence-corrected chi connectivity index (χ2v) is 6.69. The molecule has 1 aromatic carbocycles. The number of halogens is 1. The maximum absolute atomic E-state index is 12.7. The van der Waals surface area contributed by atoms with E-state index in [9.17, 15) is 4.79 Å². The van der Waals surface area contributed by atoms with Crippen LogP contribution in [0, 0.1) is 6.92 Å². The number of likely N-dealkylation sites (tertiary alicyclic amines) is 1. The first-order valence-electron chi connectivity index (χ1n) is 8.41. The Morgan fingerprint density at radius 1 is 1.12 bits per heavy atom. The number of carbonyl (C=O) groups is 1. The molecule has 1 aromatic heterocycles. The minimum atomic E-state index is 0.0656. The molecule has 0 atom stereocenters. The second kappa shape index (κ2) is 7.67. The first-order chi connectivity index (χ1) is 11.6. The molecule has 2 heterocycles. The average Bonchev–Trinajstić information content (AvgIpc) is 2.87. The number of amides is 1. The molecule has 1 saturated heterocycles. The lowest BCUT2D eigenvalue weighted by Crippen LogP contribution is -2.31. The fraction of sp³-hybridized carbons (Fsp3) is 0.368. The van der Waals surface area contributed by atoms with Gasteiger partial charge >= 0.3 is 0 Å². The molecular formula is C19H22ClN3O. The Hall–Kier alpha value is -2.07. The van der Waals surface area contributed by atoms with Crippen LogP contribution in [0.1, 0.15) is 41.6 Å². The molecule has 0 unspecified atom stereocenters.